The number of rotatable bonds is 3. The third-order valence-corrected chi connectivity index (χ3v) is 2.38. The van der Waals surface area contributed by atoms with Crippen LogP contribution in [0.3, 0.4) is 0 Å². The lowest BCUT2D eigenvalue weighted by molar-refractivity contribution is -0.384. The van der Waals surface area contributed by atoms with E-state index in [0.29, 0.717) is 6.07 Å². The monoisotopic (exact) mass is 271 g/mol. The molecule has 0 radical (unpaired) electrons. The van der Waals surface area contributed by atoms with E-state index in [1.54, 1.807) is 24.5 Å². The molecule has 0 aliphatic heterocycles. The van der Waals surface area contributed by atoms with Crippen molar-refractivity contribution in [2.24, 2.45) is 0 Å². The number of alkyl halides is 3. The molecule has 0 saturated heterocycles. The fraction of sp³-hybridized carbons (Fsp3) is 0.0909. The van der Waals surface area contributed by atoms with Gasteiger partial charge in [0, 0.05) is 18.5 Å². The standard InChI is InChI=1S/C11H8F3N3O2/c12-11(13,14)8-3-4-9(10(7-8)17(18)19)15-16-5-1-2-6-16/h1-7,15H. The summed E-state index contributed by atoms with van der Waals surface area (Å²) in [5.41, 5.74) is 0.907. The van der Waals surface area contributed by atoms with Crippen LogP contribution in [0, 0.1) is 10.1 Å². The summed E-state index contributed by atoms with van der Waals surface area (Å²) in [6.45, 7) is 0. The molecule has 8 heteroatoms. The molecular weight excluding hydrogens is 263 g/mol. The predicted octanol–water partition coefficient (Wildman–Crippen LogP) is 3.29. The fourth-order valence-electron chi connectivity index (χ4n) is 1.50. The second-order valence-corrected chi connectivity index (χ2v) is 3.69. The zero-order valence-corrected chi connectivity index (χ0v) is 9.39. The summed E-state index contributed by atoms with van der Waals surface area (Å²) in [7, 11) is 0. The maximum atomic E-state index is 12.5. The summed E-state index contributed by atoms with van der Waals surface area (Å²) in [6.07, 6.45) is -1.47. The number of hydrogen-bond donors (Lipinski definition) is 1. The minimum Gasteiger partial charge on any atom is -0.288 e. The molecule has 0 aliphatic rings. The molecule has 0 aliphatic carbocycles. The molecule has 1 aromatic heterocycles. The Morgan fingerprint density at radius 1 is 1.21 bits per heavy atom. The van der Waals surface area contributed by atoms with E-state index in [4.69, 9.17) is 0 Å². The maximum Gasteiger partial charge on any atom is 0.416 e. The van der Waals surface area contributed by atoms with Crippen LogP contribution in [0.5, 0.6) is 0 Å². The van der Waals surface area contributed by atoms with Crippen LogP contribution in [0.25, 0.3) is 0 Å². The van der Waals surface area contributed by atoms with Gasteiger partial charge in [0.1, 0.15) is 5.69 Å². The molecule has 0 atom stereocenters. The number of hydrogen-bond acceptors (Lipinski definition) is 3. The van der Waals surface area contributed by atoms with Gasteiger partial charge in [0.25, 0.3) is 5.69 Å². The summed E-state index contributed by atoms with van der Waals surface area (Å²) >= 11 is 0. The Balaban J connectivity index is 2.41. The molecule has 0 bridgehead atoms. The van der Waals surface area contributed by atoms with Crippen LogP contribution in [-0.4, -0.2) is 9.60 Å². The van der Waals surface area contributed by atoms with Gasteiger partial charge >= 0.3 is 6.18 Å². The van der Waals surface area contributed by atoms with Crippen molar-refractivity contribution in [3.63, 3.8) is 0 Å². The molecule has 2 rings (SSSR count). The van der Waals surface area contributed by atoms with Gasteiger partial charge < -0.3 is 0 Å². The molecule has 1 aromatic carbocycles. The topological polar surface area (TPSA) is 60.1 Å². The molecule has 100 valence electrons. The predicted molar refractivity (Wildman–Crippen MR) is 61.6 cm³/mol. The van der Waals surface area contributed by atoms with Crippen LogP contribution in [0.2, 0.25) is 0 Å². The molecule has 1 heterocycles. The van der Waals surface area contributed by atoms with Gasteiger partial charge in [-0.1, -0.05) is 0 Å². The van der Waals surface area contributed by atoms with Gasteiger partial charge in [-0.2, -0.15) is 13.2 Å². The van der Waals surface area contributed by atoms with E-state index in [-0.39, 0.29) is 5.69 Å². The van der Waals surface area contributed by atoms with Crippen LogP contribution in [0.4, 0.5) is 24.5 Å². The van der Waals surface area contributed by atoms with Crippen LogP contribution >= 0.6 is 0 Å². The number of aromatic nitrogens is 1. The first kappa shape index (κ1) is 12.9. The normalized spacial score (nSPS) is 11.3. The molecule has 0 amide bonds. The lowest BCUT2D eigenvalue weighted by Crippen LogP contribution is -2.10. The lowest BCUT2D eigenvalue weighted by atomic mass is 10.1. The summed E-state index contributed by atoms with van der Waals surface area (Å²) in [5, 5.41) is 10.8. The van der Waals surface area contributed by atoms with Crippen molar-refractivity contribution in [2.75, 3.05) is 5.43 Å². The summed E-state index contributed by atoms with van der Waals surface area (Å²) in [6, 6.07) is 5.66. The van der Waals surface area contributed by atoms with Gasteiger partial charge in [0.15, 0.2) is 0 Å². The van der Waals surface area contributed by atoms with Crippen molar-refractivity contribution in [1.82, 2.24) is 4.68 Å². The molecule has 0 saturated carbocycles. The average molecular weight is 271 g/mol. The zero-order valence-electron chi connectivity index (χ0n) is 9.39. The number of halogens is 3. The molecule has 0 fully saturated rings. The van der Waals surface area contributed by atoms with E-state index < -0.39 is 22.4 Å². The minimum absolute atomic E-state index is 0.0193. The van der Waals surface area contributed by atoms with Gasteiger partial charge in [0.2, 0.25) is 0 Å². The van der Waals surface area contributed by atoms with Crippen LogP contribution in [-0.2, 0) is 6.18 Å². The quantitative estimate of drug-likeness (QED) is 0.688. The van der Waals surface area contributed by atoms with Crippen LogP contribution in [0.15, 0.2) is 42.7 Å². The molecule has 1 N–H and O–H groups in total. The van der Waals surface area contributed by atoms with E-state index in [0.717, 1.165) is 12.1 Å². The van der Waals surface area contributed by atoms with Gasteiger partial charge in [-0.3, -0.25) is 20.2 Å². The summed E-state index contributed by atoms with van der Waals surface area (Å²) < 4.78 is 38.9. The van der Waals surface area contributed by atoms with Crippen molar-refractivity contribution < 1.29 is 18.1 Å². The first-order chi connectivity index (χ1) is 8.88. The second kappa shape index (κ2) is 4.63. The third-order valence-electron chi connectivity index (χ3n) is 2.38. The molecule has 5 nitrogen and oxygen atoms in total. The highest BCUT2D eigenvalue weighted by atomic mass is 19.4. The van der Waals surface area contributed by atoms with Crippen molar-refractivity contribution in [3.05, 3.63) is 58.4 Å². The van der Waals surface area contributed by atoms with E-state index in [1.807, 2.05) is 0 Å². The summed E-state index contributed by atoms with van der Waals surface area (Å²) in [5.74, 6) is 0. The van der Waals surface area contributed by atoms with Gasteiger partial charge in [-0.05, 0) is 24.3 Å². The van der Waals surface area contributed by atoms with Crippen molar-refractivity contribution in [1.29, 1.82) is 0 Å². The van der Waals surface area contributed by atoms with Gasteiger partial charge in [0.05, 0.1) is 10.5 Å². The Labute approximate surface area is 105 Å². The highest BCUT2D eigenvalue weighted by Crippen LogP contribution is 2.34. The second-order valence-electron chi connectivity index (χ2n) is 3.69. The molecule has 0 spiro atoms. The Morgan fingerprint density at radius 3 is 2.37 bits per heavy atom. The van der Waals surface area contributed by atoms with E-state index in [9.17, 15) is 23.3 Å². The number of nitro benzene ring substituents is 1. The van der Waals surface area contributed by atoms with Crippen molar-refractivity contribution in [3.8, 4) is 0 Å². The van der Waals surface area contributed by atoms with E-state index >= 15 is 0 Å². The molecule has 2 aromatic rings. The van der Waals surface area contributed by atoms with Crippen molar-refractivity contribution in [2.45, 2.75) is 6.18 Å². The first-order valence-electron chi connectivity index (χ1n) is 5.13. The Hall–Kier alpha value is -2.51. The van der Waals surface area contributed by atoms with E-state index in [1.165, 1.54) is 4.68 Å². The third kappa shape index (κ3) is 2.84. The fourth-order valence-corrected chi connectivity index (χ4v) is 1.50. The highest BCUT2D eigenvalue weighted by molar-refractivity contribution is 5.62. The Bertz CT molecular complexity index is 594. The lowest BCUT2D eigenvalue weighted by Gasteiger charge is -2.11. The number of nitrogens with zero attached hydrogens (tertiary/aromatic N) is 2. The number of benzene rings is 1. The maximum absolute atomic E-state index is 12.5. The highest BCUT2D eigenvalue weighted by Gasteiger charge is 2.33. The smallest absolute Gasteiger partial charge is 0.288 e. The average Bonchev–Trinajstić information content (AvgIpc) is 2.80. The minimum atomic E-state index is -4.61. The molecule has 19 heavy (non-hydrogen) atoms. The Kier molecular flexibility index (Phi) is 3.16. The Morgan fingerprint density at radius 2 is 1.84 bits per heavy atom. The van der Waals surface area contributed by atoms with Gasteiger partial charge in [-0.15, -0.1) is 0 Å². The largest absolute Gasteiger partial charge is 0.416 e. The van der Waals surface area contributed by atoms with Gasteiger partial charge in [-0.25, -0.2) is 0 Å². The van der Waals surface area contributed by atoms with Crippen molar-refractivity contribution >= 4 is 11.4 Å². The molecular formula is C11H8F3N3O2. The number of nitrogens with one attached hydrogen (secondary N) is 1. The number of anilines is 1. The first-order valence-corrected chi connectivity index (χ1v) is 5.13. The van der Waals surface area contributed by atoms with Crippen LogP contribution < -0.4 is 5.43 Å². The zero-order chi connectivity index (χ0) is 14.0. The van der Waals surface area contributed by atoms with Crippen LogP contribution in [0.1, 0.15) is 5.56 Å². The molecule has 0 unspecified atom stereocenters. The number of nitro groups is 1. The SMILES string of the molecule is O=[N+]([O-])c1cc(C(F)(F)F)ccc1Nn1cccc1. The van der Waals surface area contributed by atoms with E-state index in [2.05, 4.69) is 5.43 Å². The summed E-state index contributed by atoms with van der Waals surface area (Å²) in [4.78, 5) is 9.96.